The SMILES string of the molecule is CC.CC(C)c1ccc2c(c1)nc1c(=O)[nH]c(=O)nc-1n2CCCc1ccc(F)cc1. The van der Waals surface area contributed by atoms with E-state index in [1.54, 1.807) is 12.1 Å². The lowest BCUT2D eigenvalue weighted by molar-refractivity contribution is 0.624. The van der Waals surface area contributed by atoms with Gasteiger partial charge >= 0.3 is 5.69 Å². The number of fused-ring (bicyclic) bond motifs is 2. The van der Waals surface area contributed by atoms with Gasteiger partial charge in [0.15, 0.2) is 11.5 Å². The summed E-state index contributed by atoms with van der Waals surface area (Å²) in [6.45, 7) is 8.73. The first-order valence-corrected chi connectivity index (χ1v) is 10.6. The van der Waals surface area contributed by atoms with Gasteiger partial charge in [-0.3, -0.25) is 9.78 Å². The van der Waals surface area contributed by atoms with Gasteiger partial charge in [0.25, 0.3) is 5.56 Å². The highest BCUT2D eigenvalue weighted by Gasteiger charge is 2.19. The molecule has 31 heavy (non-hydrogen) atoms. The molecule has 0 aliphatic carbocycles. The van der Waals surface area contributed by atoms with Crippen LogP contribution in [0.3, 0.4) is 0 Å². The van der Waals surface area contributed by atoms with Gasteiger partial charge in [-0.2, -0.15) is 4.98 Å². The van der Waals surface area contributed by atoms with E-state index in [9.17, 15) is 14.0 Å². The molecule has 2 aromatic rings. The number of benzene rings is 2. The van der Waals surface area contributed by atoms with E-state index in [0.29, 0.717) is 18.0 Å². The Kier molecular flexibility index (Phi) is 6.95. The summed E-state index contributed by atoms with van der Waals surface area (Å²) in [4.78, 5) is 34.9. The van der Waals surface area contributed by atoms with Gasteiger partial charge in [-0.25, -0.2) is 14.2 Å². The van der Waals surface area contributed by atoms with Crippen LogP contribution in [-0.2, 0) is 13.0 Å². The molecule has 0 aromatic heterocycles. The van der Waals surface area contributed by atoms with Crippen molar-refractivity contribution < 1.29 is 4.39 Å². The smallest absolute Gasteiger partial charge is 0.322 e. The Bertz CT molecular complexity index is 1260. The number of hydrogen-bond donors (Lipinski definition) is 1. The first-order valence-electron chi connectivity index (χ1n) is 10.6. The second-order valence-corrected chi connectivity index (χ2v) is 7.44. The van der Waals surface area contributed by atoms with Gasteiger partial charge in [-0.15, -0.1) is 0 Å². The summed E-state index contributed by atoms with van der Waals surface area (Å²) in [5.41, 5.74) is 2.58. The quantitative estimate of drug-likeness (QED) is 0.480. The largest absolute Gasteiger partial charge is 0.349 e. The molecule has 0 amide bonds. The highest BCUT2D eigenvalue weighted by Crippen LogP contribution is 2.25. The van der Waals surface area contributed by atoms with E-state index in [2.05, 4.69) is 28.8 Å². The minimum atomic E-state index is -0.685. The van der Waals surface area contributed by atoms with Crippen molar-refractivity contribution in [2.45, 2.75) is 53.0 Å². The Hall–Kier alpha value is -3.35. The Labute approximate surface area is 180 Å². The van der Waals surface area contributed by atoms with E-state index in [-0.39, 0.29) is 17.3 Å². The van der Waals surface area contributed by atoms with Gasteiger partial charge in [0.1, 0.15) is 5.82 Å². The maximum absolute atomic E-state index is 13.1. The Morgan fingerprint density at radius 1 is 1.03 bits per heavy atom. The minimum absolute atomic E-state index is 0.153. The van der Waals surface area contributed by atoms with Crippen LogP contribution in [0.5, 0.6) is 0 Å². The molecule has 0 radical (unpaired) electrons. The molecule has 0 saturated carbocycles. The Morgan fingerprint density at radius 2 is 1.74 bits per heavy atom. The van der Waals surface area contributed by atoms with Crippen LogP contribution < -0.4 is 11.2 Å². The molecular formula is C24H27FN4O2. The Morgan fingerprint density at radius 3 is 2.42 bits per heavy atom. The number of aromatic nitrogens is 4. The van der Waals surface area contributed by atoms with Gasteiger partial charge < -0.3 is 4.57 Å². The molecule has 1 N–H and O–H groups in total. The van der Waals surface area contributed by atoms with E-state index in [4.69, 9.17) is 0 Å². The predicted molar refractivity (Wildman–Crippen MR) is 121 cm³/mol. The summed E-state index contributed by atoms with van der Waals surface area (Å²) >= 11 is 0. The van der Waals surface area contributed by atoms with Crippen molar-refractivity contribution in [3.05, 3.63) is 80.2 Å². The number of H-pyrrole nitrogens is 1. The fourth-order valence-corrected chi connectivity index (χ4v) is 3.49. The second kappa shape index (κ2) is 9.64. The third-order valence-electron chi connectivity index (χ3n) is 5.06. The van der Waals surface area contributed by atoms with Crippen molar-refractivity contribution in [2.24, 2.45) is 0 Å². The van der Waals surface area contributed by atoms with Crippen LogP contribution in [0.25, 0.3) is 22.6 Å². The summed E-state index contributed by atoms with van der Waals surface area (Å²) < 4.78 is 15.0. The number of aryl methyl sites for hydroxylation is 2. The third kappa shape index (κ3) is 4.87. The molecule has 0 fully saturated rings. The van der Waals surface area contributed by atoms with Crippen LogP contribution >= 0.6 is 0 Å². The van der Waals surface area contributed by atoms with Crippen LogP contribution in [0.15, 0.2) is 52.1 Å². The first kappa shape index (κ1) is 22.3. The van der Waals surface area contributed by atoms with Gasteiger partial charge in [0, 0.05) is 6.54 Å². The average Bonchev–Trinajstić information content (AvgIpc) is 2.76. The van der Waals surface area contributed by atoms with E-state index in [0.717, 1.165) is 29.5 Å². The van der Waals surface area contributed by atoms with Crippen LogP contribution in [0.4, 0.5) is 4.39 Å². The molecule has 0 saturated heterocycles. The van der Waals surface area contributed by atoms with Crippen LogP contribution in [-0.4, -0.2) is 19.5 Å². The summed E-state index contributed by atoms with van der Waals surface area (Å²) in [5, 5.41) is 0. The lowest BCUT2D eigenvalue weighted by atomic mass is 10.0. The average molecular weight is 423 g/mol. The third-order valence-corrected chi connectivity index (χ3v) is 5.06. The molecule has 0 bridgehead atoms. The number of hydrogen-bond acceptors (Lipinski definition) is 4. The molecule has 7 heteroatoms. The number of halogens is 1. The second-order valence-electron chi connectivity index (χ2n) is 7.44. The normalized spacial score (nSPS) is 11.0. The monoisotopic (exact) mass is 422 g/mol. The van der Waals surface area contributed by atoms with Crippen molar-refractivity contribution in [3.63, 3.8) is 0 Å². The summed E-state index contributed by atoms with van der Waals surface area (Å²) in [6, 6.07) is 12.4. The van der Waals surface area contributed by atoms with Crippen LogP contribution in [0.2, 0.25) is 0 Å². The number of aromatic amines is 1. The zero-order valence-electron chi connectivity index (χ0n) is 18.3. The van der Waals surface area contributed by atoms with Gasteiger partial charge in [-0.1, -0.05) is 45.9 Å². The maximum atomic E-state index is 13.1. The molecule has 6 nitrogen and oxygen atoms in total. The summed E-state index contributed by atoms with van der Waals surface area (Å²) in [6.07, 6.45) is 1.47. The van der Waals surface area contributed by atoms with E-state index in [1.165, 1.54) is 12.1 Å². The molecule has 0 atom stereocenters. The van der Waals surface area contributed by atoms with Crippen molar-refractivity contribution in [1.29, 1.82) is 0 Å². The van der Waals surface area contributed by atoms with Gasteiger partial charge in [0.05, 0.1) is 11.0 Å². The lowest BCUT2D eigenvalue weighted by Crippen LogP contribution is -2.29. The fraction of sp³-hybridized carbons (Fsp3) is 0.333. The van der Waals surface area contributed by atoms with Crippen molar-refractivity contribution in [1.82, 2.24) is 19.5 Å². The van der Waals surface area contributed by atoms with E-state index >= 15 is 0 Å². The van der Waals surface area contributed by atoms with Gasteiger partial charge in [0.2, 0.25) is 0 Å². The summed E-state index contributed by atoms with van der Waals surface area (Å²) in [5.74, 6) is 0.341. The minimum Gasteiger partial charge on any atom is -0.322 e. The molecule has 0 unspecified atom stereocenters. The molecular weight excluding hydrogens is 395 g/mol. The highest BCUT2D eigenvalue weighted by molar-refractivity contribution is 5.80. The molecule has 2 aliphatic rings. The fourth-order valence-electron chi connectivity index (χ4n) is 3.49. The van der Waals surface area contributed by atoms with Crippen molar-refractivity contribution >= 4 is 11.0 Å². The number of nitrogens with zero attached hydrogens (tertiary/aromatic N) is 3. The topological polar surface area (TPSA) is 80.6 Å². The molecule has 2 heterocycles. The molecule has 162 valence electrons. The molecule has 2 aromatic carbocycles. The van der Waals surface area contributed by atoms with Crippen LogP contribution in [0, 0.1) is 5.82 Å². The van der Waals surface area contributed by atoms with Gasteiger partial charge in [-0.05, 0) is 54.2 Å². The van der Waals surface area contributed by atoms with Crippen molar-refractivity contribution in [3.8, 4) is 11.5 Å². The maximum Gasteiger partial charge on any atom is 0.349 e. The summed E-state index contributed by atoms with van der Waals surface area (Å²) in [7, 11) is 0. The van der Waals surface area contributed by atoms with E-state index in [1.807, 2.05) is 36.6 Å². The Balaban J connectivity index is 0.00000132. The zero-order chi connectivity index (χ0) is 22.5. The standard InChI is InChI=1S/C22H21FN4O2.C2H6/c1-13(2)15-7-10-18-17(12-15)24-19-20(25-22(29)26-21(19)28)27(18)11-3-4-14-5-8-16(23)9-6-14;1-2/h5-10,12-13H,3-4,11H2,1-2H3,(H,26,28,29);1-2H3. The molecule has 4 rings (SSSR count). The predicted octanol–water partition coefficient (Wildman–Crippen LogP) is 4.51. The highest BCUT2D eigenvalue weighted by atomic mass is 19.1. The van der Waals surface area contributed by atoms with Crippen LogP contribution in [0.1, 0.15) is 51.2 Å². The van der Waals surface area contributed by atoms with Crippen molar-refractivity contribution in [2.75, 3.05) is 0 Å². The first-order chi connectivity index (χ1) is 14.9. The lowest BCUT2D eigenvalue weighted by Gasteiger charge is -2.17. The number of nitrogens with one attached hydrogen (secondary N) is 1. The molecule has 0 spiro atoms. The zero-order valence-corrected chi connectivity index (χ0v) is 18.3. The number of rotatable bonds is 5. The molecule has 2 aliphatic heterocycles. The van der Waals surface area contributed by atoms with E-state index < -0.39 is 11.2 Å².